The van der Waals surface area contributed by atoms with Crippen molar-refractivity contribution >= 4 is 40.5 Å². The largest absolute Gasteiger partial charge is 0.422 e. The molecule has 0 saturated heterocycles. The third kappa shape index (κ3) is 12.0. The van der Waals surface area contributed by atoms with Crippen LogP contribution in [0.4, 0.5) is 0 Å². The summed E-state index contributed by atoms with van der Waals surface area (Å²) in [5.41, 5.74) is 3.53. The lowest BCUT2D eigenvalue weighted by Crippen LogP contribution is -2.17. The van der Waals surface area contributed by atoms with Crippen LogP contribution in [0.3, 0.4) is 0 Å². The first-order chi connectivity index (χ1) is 20.6. The SMILES string of the molecule is CCCCCCCCCCCCCCCCCC(=O)N/N=C/c1c(OC(=O)c2ccccc2Cl)ccc2ccccc12. The Balaban J connectivity index is 1.36. The lowest BCUT2D eigenvalue weighted by Gasteiger charge is -2.11. The smallest absolute Gasteiger partial charge is 0.345 e. The van der Waals surface area contributed by atoms with Gasteiger partial charge in [0.2, 0.25) is 5.91 Å². The lowest BCUT2D eigenvalue weighted by molar-refractivity contribution is -0.121. The summed E-state index contributed by atoms with van der Waals surface area (Å²) in [5, 5.41) is 6.36. The third-order valence-electron chi connectivity index (χ3n) is 7.62. The van der Waals surface area contributed by atoms with Gasteiger partial charge in [0.25, 0.3) is 0 Å². The van der Waals surface area contributed by atoms with Crippen LogP contribution >= 0.6 is 11.6 Å². The van der Waals surface area contributed by atoms with Crippen molar-refractivity contribution in [1.29, 1.82) is 0 Å². The summed E-state index contributed by atoms with van der Waals surface area (Å²) in [7, 11) is 0. The fraction of sp³-hybridized carbons (Fsp3) is 0.472. The predicted molar refractivity (Wildman–Crippen MR) is 176 cm³/mol. The molecule has 42 heavy (non-hydrogen) atoms. The number of fused-ring (bicyclic) bond motifs is 1. The van der Waals surface area contributed by atoms with Crippen molar-refractivity contribution in [1.82, 2.24) is 5.43 Å². The van der Waals surface area contributed by atoms with Crippen molar-refractivity contribution in [2.24, 2.45) is 5.10 Å². The maximum atomic E-state index is 12.8. The number of hydrazone groups is 1. The molecule has 0 radical (unpaired) electrons. The van der Waals surface area contributed by atoms with E-state index < -0.39 is 5.97 Å². The zero-order chi connectivity index (χ0) is 29.8. The molecule has 0 aromatic heterocycles. The zero-order valence-electron chi connectivity index (χ0n) is 25.2. The van der Waals surface area contributed by atoms with Crippen molar-refractivity contribution in [3.05, 3.63) is 76.8 Å². The summed E-state index contributed by atoms with van der Waals surface area (Å²) in [6.45, 7) is 2.27. The van der Waals surface area contributed by atoms with E-state index in [-0.39, 0.29) is 11.5 Å². The van der Waals surface area contributed by atoms with Crippen molar-refractivity contribution in [3.63, 3.8) is 0 Å². The molecule has 1 N–H and O–H groups in total. The van der Waals surface area contributed by atoms with Crippen molar-refractivity contribution in [2.75, 3.05) is 0 Å². The molecule has 0 heterocycles. The molecule has 3 aromatic carbocycles. The minimum atomic E-state index is -0.553. The standard InChI is InChI=1S/C36H47ClN2O3/c1-2-3-4-5-6-7-8-9-10-11-12-13-14-15-16-25-35(40)39-38-28-32-30-22-18-17-21-29(30)26-27-34(32)42-36(41)31-23-19-20-24-33(31)37/h17-24,26-28H,2-16,25H2,1H3,(H,39,40)/b38-28+. The molecule has 5 nitrogen and oxygen atoms in total. The number of nitrogens with zero attached hydrogens (tertiary/aromatic N) is 1. The molecule has 0 aliphatic carbocycles. The van der Waals surface area contributed by atoms with Gasteiger partial charge < -0.3 is 4.74 Å². The highest BCUT2D eigenvalue weighted by atomic mass is 35.5. The highest BCUT2D eigenvalue weighted by molar-refractivity contribution is 6.33. The molecule has 0 saturated carbocycles. The molecule has 0 aliphatic rings. The van der Waals surface area contributed by atoms with E-state index in [0.717, 1.165) is 23.6 Å². The molecule has 1 amide bonds. The van der Waals surface area contributed by atoms with Crippen molar-refractivity contribution in [3.8, 4) is 5.75 Å². The van der Waals surface area contributed by atoms with Crippen LogP contribution in [0.15, 0.2) is 65.8 Å². The Morgan fingerprint density at radius 2 is 1.31 bits per heavy atom. The second kappa shape index (κ2) is 19.9. The number of benzene rings is 3. The number of amides is 1. The fourth-order valence-corrected chi connectivity index (χ4v) is 5.37. The topological polar surface area (TPSA) is 67.8 Å². The van der Waals surface area contributed by atoms with Crippen LogP contribution in [0.5, 0.6) is 5.75 Å². The number of unbranched alkanes of at least 4 members (excludes halogenated alkanes) is 14. The minimum absolute atomic E-state index is 0.115. The minimum Gasteiger partial charge on any atom is -0.422 e. The van der Waals surface area contributed by atoms with Crippen LogP contribution < -0.4 is 10.2 Å². The molecule has 0 atom stereocenters. The molecule has 0 fully saturated rings. The van der Waals surface area contributed by atoms with Crippen molar-refractivity contribution in [2.45, 2.75) is 110 Å². The number of hydrogen-bond donors (Lipinski definition) is 1. The van der Waals surface area contributed by atoms with E-state index in [9.17, 15) is 9.59 Å². The molecule has 0 spiro atoms. The van der Waals surface area contributed by atoms with E-state index in [4.69, 9.17) is 16.3 Å². The van der Waals surface area contributed by atoms with E-state index >= 15 is 0 Å². The summed E-state index contributed by atoms with van der Waals surface area (Å²) >= 11 is 6.18. The Labute approximate surface area is 257 Å². The molecular weight excluding hydrogens is 544 g/mol. The van der Waals surface area contributed by atoms with Gasteiger partial charge in [-0.2, -0.15) is 5.10 Å². The zero-order valence-corrected chi connectivity index (χ0v) is 26.0. The van der Waals surface area contributed by atoms with Gasteiger partial charge in [-0.05, 0) is 35.4 Å². The number of carbonyl (C=O) groups excluding carboxylic acids is 2. The summed E-state index contributed by atoms with van der Waals surface area (Å²) in [6, 6.07) is 18.1. The van der Waals surface area contributed by atoms with E-state index in [1.54, 1.807) is 36.5 Å². The van der Waals surface area contributed by atoms with Crippen LogP contribution in [0, 0.1) is 0 Å². The lowest BCUT2D eigenvalue weighted by atomic mass is 10.0. The van der Waals surface area contributed by atoms with Gasteiger partial charge in [-0.1, -0.05) is 151 Å². The van der Waals surface area contributed by atoms with Gasteiger partial charge in [0, 0.05) is 12.0 Å². The average Bonchev–Trinajstić information content (AvgIpc) is 3.00. The molecule has 0 unspecified atom stereocenters. The first kappa shape index (κ1) is 33.3. The first-order valence-corrected chi connectivity index (χ1v) is 16.3. The number of rotatable bonds is 20. The van der Waals surface area contributed by atoms with Crippen LogP contribution in [-0.2, 0) is 4.79 Å². The third-order valence-corrected chi connectivity index (χ3v) is 7.95. The quantitative estimate of drug-likeness (QED) is 0.0468. The molecular formula is C36H47ClN2O3. The van der Waals surface area contributed by atoms with Crippen LogP contribution in [0.25, 0.3) is 10.8 Å². The van der Waals surface area contributed by atoms with E-state index in [1.165, 1.54) is 83.5 Å². The fourth-order valence-electron chi connectivity index (χ4n) is 5.16. The van der Waals surface area contributed by atoms with Gasteiger partial charge in [0.05, 0.1) is 16.8 Å². The normalized spacial score (nSPS) is 11.3. The van der Waals surface area contributed by atoms with Crippen molar-refractivity contribution < 1.29 is 14.3 Å². The second-order valence-corrected chi connectivity index (χ2v) is 11.5. The van der Waals surface area contributed by atoms with E-state index in [1.807, 2.05) is 30.3 Å². The van der Waals surface area contributed by atoms with Gasteiger partial charge in [-0.3, -0.25) is 4.79 Å². The molecule has 0 aliphatic heterocycles. The number of halogens is 1. The Morgan fingerprint density at radius 3 is 1.95 bits per heavy atom. The molecule has 226 valence electrons. The summed E-state index contributed by atoms with van der Waals surface area (Å²) in [5.74, 6) is -0.322. The summed E-state index contributed by atoms with van der Waals surface area (Å²) < 4.78 is 5.71. The Bertz CT molecular complexity index is 1270. The number of nitrogens with one attached hydrogen (secondary N) is 1. The Kier molecular flexibility index (Phi) is 15.8. The Morgan fingerprint density at radius 1 is 0.738 bits per heavy atom. The monoisotopic (exact) mass is 590 g/mol. The van der Waals surface area contributed by atoms with Crippen LogP contribution in [-0.4, -0.2) is 18.1 Å². The summed E-state index contributed by atoms with van der Waals surface area (Å²) in [4.78, 5) is 25.2. The van der Waals surface area contributed by atoms with Gasteiger partial charge in [-0.25, -0.2) is 10.2 Å². The summed E-state index contributed by atoms with van der Waals surface area (Å²) in [6.07, 6.45) is 21.4. The van der Waals surface area contributed by atoms with Gasteiger partial charge in [0.15, 0.2) is 0 Å². The number of carbonyl (C=O) groups is 2. The average molecular weight is 591 g/mol. The van der Waals surface area contributed by atoms with Crippen LogP contribution in [0.1, 0.15) is 126 Å². The highest BCUT2D eigenvalue weighted by Crippen LogP contribution is 2.28. The second-order valence-electron chi connectivity index (χ2n) is 11.1. The van der Waals surface area contributed by atoms with Gasteiger partial charge in [-0.15, -0.1) is 0 Å². The molecule has 3 rings (SSSR count). The van der Waals surface area contributed by atoms with Crippen LogP contribution in [0.2, 0.25) is 5.02 Å². The number of hydrogen-bond acceptors (Lipinski definition) is 4. The first-order valence-electron chi connectivity index (χ1n) is 15.9. The number of ether oxygens (including phenoxy) is 1. The van der Waals surface area contributed by atoms with Gasteiger partial charge >= 0.3 is 5.97 Å². The van der Waals surface area contributed by atoms with E-state index in [0.29, 0.717) is 22.8 Å². The molecule has 6 heteroatoms. The maximum absolute atomic E-state index is 12.8. The number of esters is 1. The molecule has 0 bridgehead atoms. The van der Waals surface area contributed by atoms with Gasteiger partial charge in [0.1, 0.15) is 5.75 Å². The maximum Gasteiger partial charge on any atom is 0.345 e. The molecule has 3 aromatic rings. The highest BCUT2D eigenvalue weighted by Gasteiger charge is 2.16. The van der Waals surface area contributed by atoms with E-state index in [2.05, 4.69) is 17.5 Å². The Hall–Kier alpha value is -3.18. The predicted octanol–water partition coefficient (Wildman–Crippen LogP) is 10.4.